The van der Waals surface area contributed by atoms with Crippen molar-refractivity contribution in [1.82, 2.24) is 14.5 Å². The highest BCUT2D eigenvalue weighted by atomic mass is 32.2. The van der Waals surface area contributed by atoms with Crippen LogP contribution >= 0.6 is 11.8 Å². The first-order valence-electron chi connectivity index (χ1n) is 8.01. The van der Waals surface area contributed by atoms with Crippen molar-refractivity contribution in [2.45, 2.75) is 30.5 Å². The third-order valence-corrected chi connectivity index (χ3v) is 4.97. The minimum atomic E-state index is 0.125. The SMILES string of the molecule is Cc1nc([C@H](C)Nc2ccc(SCc3ccccc3)cn2)cn1C. The summed E-state index contributed by atoms with van der Waals surface area (Å²) in [6.45, 7) is 4.11. The third kappa shape index (κ3) is 4.17. The van der Waals surface area contributed by atoms with Crippen LogP contribution in [-0.2, 0) is 12.8 Å². The minimum absolute atomic E-state index is 0.125. The second-order valence-electron chi connectivity index (χ2n) is 5.84. The molecule has 0 saturated carbocycles. The summed E-state index contributed by atoms with van der Waals surface area (Å²) >= 11 is 1.80. The van der Waals surface area contributed by atoms with Crippen molar-refractivity contribution < 1.29 is 0 Å². The monoisotopic (exact) mass is 338 g/mol. The predicted octanol–water partition coefficient (Wildman–Crippen LogP) is 4.59. The molecule has 2 heterocycles. The molecule has 2 aromatic heterocycles. The Kier molecular flexibility index (Phi) is 5.20. The van der Waals surface area contributed by atoms with Crippen molar-refractivity contribution in [3.8, 4) is 0 Å². The molecular weight excluding hydrogens is 316 g/mol. The standard InChI is InChI=1S/C19H22N4S/c1-14(18-12-23(3)15(2)22-18)21-19-10-9-17(11-20-19)24-13-16-7-5-4-6-8-16/h4-12,14H,13H2,1-3H3,(H,20,21)/t14-/m0/s1. The molecule has 1 N–H and O–H groups in total. The number of imidazole rings is 1. The van der Waals surface area contributed by atoms with Gasteiger partial charge >= 0.3 is 0 Å². The number of hydrogen-bond acceptors (Lipinski definition) is 4. The number of benzene rings is 1. The van der Waals surface area contributed by atoms with Crippen molar-refractivity contribution in [2.75, 3.05) is 5.32 Å². The molecule has 0 bridgehead atoms. The second-order valence-corrected chi connectivity index (χ2v) is 6.89. The number of hydrogen-bond donors (Lipinski definition) is 1. The van der Waals surface area contributed by atoms with Gasteiger partial charge in [0.05, 0.1) is 11.7 Å². The molecule has 4 nitrogen and oxygen atoms in total. The molecule has 0 amide bonds. The fourth-order valence-corrected chi connectivity index (χ4v) is 3.20. The smallest absolute Gasteiger partial charge is 0.126 e. The Bertz CT molecular complexity index is 761. The van der Waals surface area contributed by atoms with Crippen LogP contribution in [0.15, 0.2) is 59.8 Å². The van der Waals surface area contributed by atoms with Gasteiger partial charge in [-0.15, -0.1) is 11.8 Å². The van der Waals surface area contributed by atoms with Crippen molar-refractivity contribution >= 4 is 17.6 Å². The van der Waals surface area contributed by atoms with E-state index in [1.54, 1.807) is 11.8 Å². The van der Waals surface area contributed by atoms with Gasteiger partial charge in [0.15, 0.2) is 0 Å². The molecule has 0 saturated heterocycles. The van der Waals surface area contributed by atoms with Crippen LogP contribution in [0.4, 0.5) is 5.82 Å². The summed E-state index contributed by atoms with van der Waals surface area (Å²) in [5.41, 5.74) is 2.35. The molecule has 5 heteroatoms. The zero-order valence-corrected chi connectivity index (χ0v) is 15.0. The zero-order valence-electron chi connectivity index (χ0n) is 14.2. The number of rotatable bonds is 6. The van der Waals surface area contributed by atoms with Gasteiger partial charge in [-0.2, -0.15) is 0 Å². The van der Waals surface area contributed by atoms with E-state index in [0.29, 0.717) is 0 Å². The molecule has 0 aliphatic carbocycles. The molecule has 0 aliphatic heterocycles. The lowest BCUT2D eigenvalue weighted by Gasteiger charge is -2.12. The molecule has 3 aromatic rings. The molecule has 0 radical (unpaired) electrons. The number of anilines is 1. The van der Waals surface area contributed by atoms with E-state index in [-0.39, 0.29) is 6.04 Å². The van der Waals surface area contributed by atoms with Gasteiger partial charge in [-0.3, -0.25) is 0 Å². The molecule has 1 aromatic carbocycles. The van der Waals surface area contributed by atoms with Gasteiger partial charge in [-0.05, 0) is 31.5 Å². The first kappa shape index (κ1) is 16.6. The zero-order chi connectivity index (χ0) is 16.9. The van der Waals surface area contributed by atoms with Crippen LogP contribution in [-0.4, -0.2) is 14.5 Å². The number of aromatic nitrogens is 3. The van der Waals surface area contributed by atoms with Gasteiger partial charge in [-0.1, -0.05) is 30.3 Å². The fraction of sp³-hybridized carbons (Fsp3) is 0.263. The number of aryl methyl sites for hydroxylation is 2. The average molecular weight is 338 g/mol. The van der Waals surface area contributed by atoms with Crippen LogP contribution in [0.2, 0.25) is 0 Å². The average Bonchev–Trinajstić information content (AvgIpc) is 2.94. The highest BCUT2D eigenvalue weighted by Gasteiger charge is 2.10. The molecule has 1 atom stereocenters. The summed E-state index contributed by atoms with van der Waals surface area (Å²) in [5.74, 6) is 2.84. The molecular formula is C19H22N4S. The Hall–Kier alpha value is -2.27. The summed E-state index contributed by atoms with van der Waals surface area (Å²) in [6, 6.07) is 14.7. The Morgan fingerprint density at radius 1 is 1.17 bits per heavy atom. The van der Waals surface area contributed by atoms with Crippen LogP contribution in [0, 0.1) is 6.92 Å². The van der Waals surface area contributed by atoms with Crippen LogP contribution in [0.1, 0.15) is 30.0 Å². The topological polar surface area (TPSA) is 42.7 Å². The molecule has 0 fully saturated rings. The number of nitrogens with one attached hydrogen (secondary N) is 1. The Labute approximate surface area is 147 Å². The molecule has 3 rings (SSSR count). The van der Waals surface area contributed by atoms with Gasteiger partial charge < -0.3 is 9.88 Å². The Morgan fingerprint density at radius 3 is 2.58 bits per heavy atom. The molecule has 0 spiro atoms. The van der Waals surface area contributed by atoms with Crippen molar-refractivity contribution in [1.29, 1.82) is 0 Å². The van der Waals surface area contributed by atoms with Crippen LogP contribution in [0.5, 0.6) is 0 Å². The van der Waals surface area contributed by atoms with Gasteiger partial charge in [0.25, 0.3) is 0 Å². The highest BCUT2D eigenvalue weighted by Crippen LogP contribution is 2.24. The molecule has 24 heavy (non-hydrogen) atoms. The first-order valence-corrected chi connectivity index (χ1v) is 8.99. The van der Waals surface area contributed by atoms with E-state index in [2.05, 4.69) is 58.7 Å². The van der Waals surface area contributed by atoms with E-state index in [1.807, 2.05) is 36.9 Å². The van der Waals surface area contributed by atoms with Gasteiger partial charge in [-0.25, -0.2) is 9.97 Å². The predicted molar refractivity (Wildman–Crippen MR) is 100 cm³/mol. The first-order chi connectivity index (χ1) is 11.6. The van der Waals surface area contributed by atoms with E-state index in [0.717, 1.165) is 23.1 Å². The lowest BCUT2D eigenvalue weighted by atomic mass is 10.2. The molecule has 0 aliphatic rings. The highest BCUT2D eigenvalue weighted by molar-refractivity contribution is 7.98. The van der Waals surface area contributed by atoms with Gasteiger partial charge in [0.1, 0.15) is 11.6 Å². The van der Waals surface area contributed by atoms with Crippen molar-refractivity contribution in [2.24, 2.45) is 7.05 Å². The number of thioether (sulfide) groups is 1. The van der Waals surface area contributed by atoms with Crippen LogP contribution in [0.3, 0.4) is 0 Å². The van der Waals surface area contributed by atoms with Crippen molar-refractivity contribution in [3.05, 3.63) is 71.9 Å². The van der Waals surface area contributed by atoms with Crippen molar-refractivity contribution in [3.63, 3.8) is 0 Å². The fourth-order valence-electron chi connectivity index (χ4n) is 2.38. The Balaban J connectivity index is 1.58. The maximum absolute atomic E-state index is 4.56. The number of nitrogens with zero attached hydrogens (tertiary/aromatic N) is 3. The van der Waals surface area contributed by atoms with Gasteiger partial charge in [0, 0.05) is 30.1 Å². The van der Waals surface area contributed by atoms with Crippen LogP contribution in [0.25, 0.3) is 0 Å². The summed E-state index contributed by atoms with van der Waals surface area (Å²) < 4.78 is 2.03. The maximum atomic E-state index is 4.56. The second kappa shape index (κ2) is 7.53. The summed E-state index contributed by atoms with van der Waals surface area (Å²) in [5, 5.41) is 3.40. The molecule has 124 valence electrons. The lowest BCUT2D eigenvalue weighted by molar-refractivity contribution is 0.836. The molecule has 0 unspecified atom stereocenters. The summed E-state index contributed by atoms with van der Waals surface area (Å²) in [6.07, 6.45) is 3.98. The summed E-state index contributed by atoms with van der Waals surface area (Å²) in [7, 11) is 2.01. The van der Waals surface area contributed by atoms with E-state index >= 15 is 0 Å². The van der Waals surface area contributed by atoms with Gasteiger partial charge in [0.2, 0.25) is 0 Å². The Morgan fingerprint density at radius 2 is 1.96 bits per heavy atom. The van der Waals surface area contributed by atoms with E-state index in [1.165, 1.54) is 10.5 Å². The third-order valence-electron chi connectivity index (χ3n) is 3.92. The summed E-state index contributed by atoms with van der Waals surface area (Å²) in [4.78, 5) is 10.2. The normalized spacial score (nSPS) is 12.1. The quantitative estimate of drug-likeness (QED) is 0.668. The maximum Gasteiger partial charge on any atom is 0.126 e. The minimum Gasteiger partial charge on any atom is -0.362 e. The van der Waals surface area contributed by atoms with Crippen LogP contribution < -0.4 is 5.32 Å². The largest absolute Gasteiger partial charge is 0.362 e. The van der Waals surface area contributed by atoms with E-state index < -0.39 is 0 Å². The lowest BCUT2D eigenvalue weighted by Crippen LogP contribution is -2.08. The van der Waals surface area contributed by atoms with E-state index in [4.69, 9.17) is 0 Å². The number of pyridine rings is 1. The van der Waals surface area contributed by atoms with E-state index in [9.17, 15) is 0 Å².